The average Bonchev–Trinajstić information content (AvgIpc) is 3.85. The predicted molar refractivity (Wildman–Crippen MR) is 227 cm³/mol. The number of carbonyl (C=O) groups excluding carboxylic acids is 9. The number of azide groups is 1. The maximum absolute atomic E-state index is 14.5. The van der Waals surface area contributed by atoms with E-state index in [1.165, 1.54) is 6.92 Å². The van der Waals surface area contributed by atoms with Crippen molar-refractivity contribution in [1.29, 1.82) is 0 Å². The Morgan fingerprint density at radius 1 is 0.906 bits per heavy atom. The molecule has 0 spiro atoms. The molecule has 1 aromatic heterocycles. The van der Waals surface area contributed by atoms with Gasteiger partial charge in [-0.3, -0.25) is 43.2 Å². The summed E-state index contributed by atoms with van der Waals surface area (Å²) in [5.74, 6) is -10.3. The highest BCUT2D eigenvalue weighted by Gasteiger charge is 2.45. The molecular weight excluding hydrogens is 859 g/mol. The first kappa shape index (κ1) is 48.6. The Morgan fingerprint density at radius 2 is 1.59 bits per heavy atom. The van der Waals surface area contributed by atoms with Crippen molar-refractivity contribution in [1.82, 2.24) is 47.1 Å². The van der Waals surface area contributed by atoms with Gasteiger partial charge >= 0.3 is 0 Å². The van der Waals surface area contributed by atoms with Gasteiger partial charge in [-0.15, -0.1) is 11.8 Å². The number of rotatable bonds is 8. The molecule has 4 heterocycles. The zero-order chi connectivity index (χ0) is 46.8. The van der Waals surface area contributed by atoms with E-state index in [2.05, 4.69) is 52.2 Å². The van der Waals surface area contributed by atoms with Crippen molar-refractivity contribution >= 4 is 75.8 Å². The molecule has 0 saturated carbocycles. The molecule has 64 heavy (non-hydrogen) atoms. The number of hydrogen-bond donors (Lipinski definition) is 11. The molecule has 1 aromatic carbocycles. The lowest BCUT2D eigenvalue weighted by Gasteiger charge is -2.33. The van der Waals surface area contributed by atoms with E-state index in [0.717, 1.165) is 16.7 Å². The van der Waals surface area contributed by atoms with Gasteiger partial charge in [-0.1, -0.05) is 50.5 Å². The van der Waals surface area contributed by atoms with Gasteiger partial charge in [0, 0.05) is 40.5 Å². The second-order valence-corrected chi connectivity index (χ2v) is 17.0. The number of carbonyl (C=O) groups is 9. The van der Waals surface area contributed by atoms with Crippen LogP contribution in [0, 0.1) is 11.8 Å². The molecule has 1 saturated heterocycles. The molecule has 10 atom stereocenters. The highest BCUT2D eigenvalue weighted by atomic mass is 32.2. The summed E-state index contributed by atoms with van der Waals surface area (Å²) in [7, 11) is 0. The summed E-state index contributed by atoms with van der Waals surface area (Å²) >= 11 is 1.02. The largest absolute Gasteiger partial charge is 0.394 e. The second kappa shape index (κ2) is 21.8. The molecule has 12 N–H and O–H groups in total. The third-order valence-corrected chi connectivity index (χ3v) is 12.7. The van der Waals surface area contributed by atoms with Crippen LogP contribution in [-0.2, 0) is 49.6 Å². The summed E-state index contributed by atoms with van der Waals surface area (Å²) in [6.07, 6.45) is -2.55. The molecule has 346 valence electrons. The number of aromatic nitrogens is 1. The molecule has 24 nitrogen and oxygen atoms in total. The van der Waals surface area contributed by atoms with Crippen molar-refractivity contribution in [2.75, 3.05) is 32.0 Å². The SMILES string of the molecule is CC[C@H](C)[C@@H]1NC(=O)CNC(=O)[C@@H]2Cc3c([nH]c4ccccc34)SC[C@H](NC(=O)CNC1=O)C(=O)N[C@@H](CC(N)=O)C(=O)N1C[C@H](N=[N+]=[N-])C[C@H]1C(=O)N[C@@H]([C@@H](C)[C@@H](O)CO)C(=O)N2. The van der Waals surface area contributed by atoms with E-state index < -0.39 is 140 Å². The number of para-hydroxylation sites is 1. The number of H-pyrrole nitrogens is 1. The van der Waals surface area contributed by atoms with Crippen molar-refractivity contribution < 1.29 is 53.4 Å². The Kier molecular flexibility index (Phi) is 16.5. The summed E-state index contributed by atoms with van der Waals surface area (Å²) in [6.45, 7) is 2.24. The fourth-order valence-corrected chi connectivity index (χ4v) is 8.79. The summed E-state index contributed by atoms with van der Waals surface area (Å²) in [4.78, 5) is 131. The number of thioether (sulfide) groups is 1. The highest BCUT2D eigenvalue weighted by molar-refractivity contribution is 7.99. The zero-order valence-electron chi connectivity index (χ0n) is 35.3. The Bertz CT molecular complexity index is 2200. The van der Waals surface area contributed by atoms with Crippen LogP contribution in [0.4, 0.5) is 0 Å². The third-order valence-electron chi connectivity index (χ3n) is 11.5. The van der Waals surface area contributed by atoms with E-state index in [-0.39, 0.29) is 25.1 Å². The number of fused-ring (bicyclic) bond motifs is 5. The van der Waals surface area contributed by atoms with Gasteiger partial charge in [-0.25, -0.2) is 0 Å². The van der Waals surface area contributed by atoms with Gasteiger partial charge in [0.05, 0.1) is 43.3 Å². The first-order valence-corrected chi connectivity index (χ1v) is 21.6. The van der Waals surface area contributed by atoms with Crippen LogP contribution in [0.5, 0.6) is 0 Å². The standard InChI is InChI=1S/C39H53N13O11S/c1-4-17(2)31-36(61)43-12-29(56)44-25-16-64-38-21(20-7-5-6-8-22(20)47-38)10-23(33(58)42-13-30(57)48-31)45-37(62)32(18(3)27(54)15-53)49-35(60)26-9-19(50-51-41)14-52(26)39(63)24(11-28(40)55)46-34(25)59/h5-8,17-19,23-27,31-32,47,53-54H,4,9-16H2,1-3H3,(H2,40,55)(H,42,58)(H,43,61)(H,44,56)(H,45,62)(H,46,59)(H,48,57)(H,49,60)/t17-,18-,19+,23-,24-,25-,26-,27-,31-,32-/m0/s1. The summed E-state index contributed by atoms with van der Waals surface area (Å²) < 4.78 is 0. The van der Waals surface area contributed by atoms with E-state index in [9.17, 15) is 58.9 Å². The number of benzene rings is 1. The van der Waals surface area contributed by atoms with Gasteiger partial charge in [0.15, 0.2) is 0 Å². The summed E-state index contributed by atoms with van der Waals surface area (Å²) in [5, 5.41) is 43.1. The molecule has 9 amide bonds. The molecule has 25 heteroatoms. The number of hydrogen-bond acceptors (Lipinski definition) is 13. The van der Waals surface area contributed by atoms with Gasteiger partial charge in [-0.2, -0.15) is 0 Å². The number of primary amides is 1. The lowest BCUT2D eigenvalue weighted by molar-refractivity contribution is -0.144. The van der Waals surface area contributed by atoms with Crippen molar-refractivity contribution in [2.45, 2.75) is 99.9 Å². The average molecular weight is 912 g/mol. The highest BCUT2D eigenvalue weighted by Crippen LogP contribution is 2.32. The topological polar surface area (TPSA) is 372 Å². The van der Waals surface area contributed by atoms with E-state index >= 15 is 0 Å². The van der Waals surface area contributed by atoms with Gasteiger partial charge in [0.1, 0.15) is 36.3 Å². The van der Waals surface area contributed by atoms with E-state index in [1.807, 2.05) is 0 Å². The minimum atomic E-state index is -1.74. The molecule has 5 rings (SSSR count). The van der Waals surface area contributed by atoms with Gasteiger partial charge < -0.3 is 63.0 Å². The minimum absolute atomic E-state index is 0.260. The second-order valence-electron chi connectivity index (χ2n) is 16.0. The number of amides is 9. The minimum Gasteiger partial charge on any atom is -0.394 e. The van der Waals surface area contributed by atoms with Crippen LogP contribution in [0.25, 0.3) is 21.3 Å². The van der Waals surface area contributed by atoms with Crippen LogP contribution in [-0.4, -0.2) is 154 Å². The van der Waals surface area contributed by atoms with Crippen LogP contribution in [0.15, 0.2) is 34.4 Å². The van der Waals surface area contributed by atoms with Crippen molar-refractivity contribution in [3.63, 3.8) is 0 Å². The summed E-state index contributed by atoms with van der Waals surface area (Å²) in [6, 6.07) is -3.22. The van der Waals surface area contributed by atoms with Crippen LogP contribution < -0.4 is 43.0 Å². The molecule has 3 aliphatic rings. The Labute approximate surface area is 370 Å². The molecular formula is C39H53N13O11S. The van der Waals surface area contributed by atoms with Gasteiger partial charge in [0.2, 0.25) is 53.2 Å². The number of nitrogens with two attached hydrogens (primary N) is 1. The Hall–Kier alpha value is -6.43. The fourth-order valence-electron chi connectivity index (χ4n) is 7.68. The number of aliphatic hydroxyl groups excluding tert-OH is 2. The van der Waals surface area contributed by atoms with Gasteiger partial charge in [0.25, 0.3) is 0 Å². The monoisotopic (exact) mass is 911 g/mol. The van der Waals surface area contributed by atoms with Crippen molar-refractivity contribution in [2.24, 2.45) is 22.7 Å². The molecule has 0 unspecified atom stereocenters. The third kappa shape index (κ3) is 11.8. The molecule has 1 fully saturated rings. The number of nitrogens with one attached hydrogen (secondary N) is 8. The smallest absolute Gasteiger partial charge is 0.246 e. The molecule has 3 aliphatic heterocycles. The van der Waals surface area contributed by atoms with Crippen molar-refractivity contribution in [3.05, 3.63) is 40.3 Å². The number of aliphatic hydroxyl groups is 2. The van der Waals surface area contributed by atoms with Crippen molar-refractivity contribution in [3.8, 4) is 0 Å². The van der Waals surface area contributed by atoms with E-state index in [4.69, 9.17) is 5.73 Å². The Balaban J connectivity index is 1.70. The van der Waals surface area contributed by atoms with Crippen LogP contribution in [0.1, 0.15) is 45.6 Å². The lowest BCUT2D eigenvalue weighted by atomic mass is 9.93. The molecule has 2 aromatic rings. The molecule has 0 radical (unpaired) electrons. The quantitative estimate of drug-likeness (QED) is 0.0704. The molecule has 0 aliphatic carbocycles. The van der Waals surface area contributed by atoms with E-state index in [1.54, 1.807) is 38.1 Å². The first-order valence-electron chi connectivity index (χ1n) is 20.7. The lowest BCUT2D eigenvalue weighted by Crippen LogP contribution is -2.62. The maximum atomic E-state index is 14.5. The Morgan fingerprint density at radius 3 is 2.27 bits per heavy atom. The molecule has 2 bridgehead atoms. The zero-order valence-corrected chi connectivity index (χ0v) is 36.1. The van der Waals surface area contributed by atoms with Crippen LogP contribution in [0.3, 0.4) is 0 Å². The number of nitrogens with zero attached hydrogens (tertiary/aromatic N) is 4. The van der Waals surface area contributed by atoms with Gasteiger partial charge in [-0.05, 0) is 29.5 Å². The van der Waals surface area contributed by atoms with E-state index in [0.29, 0.717) is 27.9 Å². The number of aromatic amines is 1. The fraction of sp³-hybridized carbons (Fsp3) is 0.564. The normalized spacial score (nSPS) is 27.1. The summed E-state index contributed by atoms with van der Waals surface area (Å²) in [5.41, 5.74) is 15.8. The maximum Gasteiger partial charge on any atom is 0.246 e. The first-order chi connectivity index (χ1) is 30.4. The van der Waals surface area contributed by atoms with Crippen LogP contribution in [0.2, 0.25) is 0 Å². The predicted octanol–water partition coefficient (Wildman–Crippen LogP) is -3.32. The van der Waals surface area contributed by atoms with Crippen LogP contribution >= 0.6 is 11.8 Å².